The van der Waals surface area contributed by atoms with Gasteiger partial charge in [-0.25, -0.2) is 4.98 Å². The summed E-state index contributed by atoms with van der Waals surface area (Å²) in [6.45, 7) is -0.0769. The second-order valence-electron chi connectivity index (χ2n) is 2.67. The molecule has 0 unspecified atom stereocenters. The molecule has 0 saturated carbocycles. The van der Waals surface area contributed by atoms with Crippen molar-refractivity contribution in [3.8, 4) is 0 Å². The van der Waals surface area contributed by atoms with E-state index in [0.29, 0.717) is 5.82 Å². The van der Waals surface area contributed by atoms with E-state index in [-0.39, 0.29) is 6.54 Å². The summed E-state index contributed by atoms with van der Waals surface area (Å²) in [6.07, 6.45) is 5.08. The third-order valence-electron chi connectivity index (χ3n) is 1.57. The van der Waals surface area contributed by atoms with Gasteiger partial charge in [0.15, 0.2) is 0 Å². The predicted molar refractivity (Wildman–Crippen MR) is 54.7 cm³/mol. The molecule has 0 aliphatic rings. The lowest BCUT2D eigenvalue weighted by molar-refractivity contribution is -0.135. The van der Waals surface area contributed by atoms with Crippen LogP contribution in [0.3, 0.4) is 0 Å². The first-order valence-electron chi connectivity index (χ1n) is 3.92. The highest BCUT2D eigenvalue weighted by Crippen LogP contribution is 2.14. The molecule has 0 aliphatic heterocycles. The number of anilines is 1. The zero-order valence-corrected chi connectivity index (χ0v) is 8.78. The van der Waals surface area contributed by atoms with Gasteiger partial charge in [0, 0.05) is 7.05 Å². The molecule has 0 amide bonds. The van der Waals surface area contributed by atoms with Crippen LogP contribution in [0.5, 0.6) is 0 Å². The van der Waals surface area contributed by atoms with Gasteiger partial charge < -0.3 is 10.0 Å². The van der Waals surface area contributed by atoms with E-state index in [4.69, 9.17) is 5.11 Å². The van der Waals surface area contributed by atoms with Crippen molar-refractivity contribution in [2.45, 2.75) is 5.03 Å². The van der Waals surface area contributed by atoms with Crippen LogP contribution >= 0.6 is 11.8 Å². The predicted octanol–water partition coefficient (Wildman–Crippen LogP) is 0.719. The normalized spacial score (nSPS) is 9.86. The van der Waals surface area contributed by atoms with Gasteiger partial charge in [0.25, 0.3) is 0 Å². The number of hydrogen-bond acceptors (Lipinski definition) is 5. The van der Waals surface area contributed by atoms with Crippen molar-refractivity contribution in [2.24, 2.45) is 0 Å². The smallest absolute Gasteiger partial charge is 0.323 e. The molecule has 0 radical (unpaired) electrons. The van der Waals surface area contributed by atoms with Gasteiger partial charge in [-0.2, -0.15) is 0 Å². The highest BCUT2D eigenvalue weighted by atomic mass is 32.2. The zero-order chi connectivity index (χ0) is 10.6. The molecule has 76 valence electrons. The van der Waals surface area contributed by atoms with Crippen molar-refractivity contribution < 1.29 is 9.90 Å². The zero-order valence-electron chi connectivity index (χ0n) is 7.97. The Balaban J connectivity index is 2.78. The number of carboxylic acid groups (broad SMARTS) is 1. The first-order chi connectivity index (χ1) is 6.63. The summed E-state index contributed by atoms with van der Waals surface area (Å²) >= 11 is 1.47. The molecule has 6 heteroatoms. The van der Waals surface area contributed by atoms with E-state index in [2.05, 4.69) is 9.97 Å². The number of nitrogens with zero attached hydrogens (tertiary/aromatic N) is 3. The second-order valence-corrected chi connectivity index (χ2v) is 3.50. The molecule has 0 aromatic carbocycles. The summed E-state index contributed by atoms with van der Waals surface area (Å²) in [6, 6.07) is 0. The van der Waals surface area contributed by atoms with E-state index in [0.717, 1.165) is 5.03 Å². The summed E-state index contributed by atoms with van der Waals surface area (Å²) in [5.41, 5.74) is 0. The minimum atomic E-state index is -0.885. The molecule has 0 aliphatic carbocycles. The van der Waals surface area contributed by atoms with Gasteiger partial charge in [0.1, 0.15) is 17.4 Å². The lowest BCUT2D eigenvalue weighted by atomic mass is 10.5. The number of carbonyl (C=O) groups is 1. The van der Waals surface area contributed by atoms with Gasteiger partial charge >= 0.3 is 5.97 Å². The summed E-state index contributed by atoms with van der Waals surface area (Å²) in [7, 11) is 1.67. The van der Waals surface area contributed by atoms with Crippen molar-refractivity contribution in [1.82, 2.24) is 9.97 Å². The first kappa shape index (κ1) is 10.8. The minimum Gasteiger partial charge on any atom is -0.480 e. The third-order valence-corrected chi connectivity index (χ3v) is 2.19. The Bertz CT molecular complexity index is 332. The van der Waals surface area contributed by atoms with Crippen molar-refractivity contribution in [1.29, 1.82) is 0 Å². The van der Waals surface area contributed by atoms with Crippen molar-refractivity contribution >= 4 is 23.5 Å². The molecule has 1 rings (SSSR count). The fourth-order valence-corrected chi connectivity index (χ4v) is 1.26. The highest BCUT2D eigenvalue weighted by molar-refractivity contribution is 7.98. The van der Waals surface area contributed by atoms with Crippen LogP contribution in [0, 0.1) is 0 Å². The fraction of sp³-hybridized carbons (Fsp3) is 0.375. The van der Waals surface area contributed by atoms with Crippen LogP contribution in [-0.4, -0.2) is 40.9 Å². The number of carboxylic acids is 1. The van der Waals surface area contributed by atoms with Crippen LogP contribution < -0.4 is 4.90 Å². The van der Waals surface area contributed by atoms with Crippen LogP contribution in [0.25, 0.3) is 0 Å². The number of rotatable bonds is 4. The summed E-state index contributed by atoms with van der Waals surface area (Å²) in [4.78, 5) is 20.2. The minimum absolute atomic E-state index is 0.0769. The molecule has 0 saturated heterocycles. The topological polar surface area (TPSA) is 66.3 Å². The molecule has 1 aromatic rings. The van der Waals surface area contributed by atoms with Gasteiger partial charge in [-0.05, 0) is 6.26 Å². The van der Waals surface area contributed by atoms with Crippen LogP contribution in [0.15, 0.2) is 17.4 Å². The third kappa shape index (κ3) is 2.88. The Labute approximate surface area is 86.2 Å². The maximum absolute atomic E-state index is 10.4. The molecule has 1 aromatic heterocycles. The molecule has 5 nitrogen and oxygen atoms in total. The summed E-state index contributed by atoms with van der Waals surface area (Å²) < 4.78 is 0. The van der Waals surface area contributed by atoms with Gasteiger partial charge in [-0.1, -0.05) is 0 Å². The van der Waals surface area contributed by atoms with Crippen LogP contribution in [0.4, 0.5) is 5.82 Å². The molecular formula is C8H11N3O2S. The number of thioether (sulfide) groups is 1. The van der Waals surface area contributed by atoms with Crippen molar-refractivity contribution in [2.75, 3.05) is 24.7 Å². The van der Waals surface area contributed by atoms with Gasteiger partial charge in [-0.15, -0.1) is 11.8 Å². The summed E-state index contributed by atoms with van der Waals surface area (Å²) in [5.74, 6) is -0.317. The van der Waals surface area contributed by atoms with E-state index in [1.807, 2.05) is 6.26 Å². The van der Waals surface area contributed by atoms with Crippen LogP contribution in [-0.2, 0) is 4.79 Å². The van der Waals surface area contributed by atoms with Gasteiger partial charge in [0.05, 0.1) is 12.4 Å². The Morgan fingerprint density at radius 1 is 1.64 bits per heavy atom. The standard InChI is InChI=1S/C8H11N3O2S/c1-11(5-8(12)13)6-3-9-4-7(10-6)14-2/h3-4H,5H2,1-2H3,(H,12,13). The number of hydrogen-bond donors (Lipinski definition) is 1. The molecule has 0 spiro atoms. The highest BCUT2D eigenvalue weighted by Gasteiger charge is 2.07. The van der Waals surface area contributed by atoms with Crippen LogP contribution in [0.1, 0.15) is 0 Å². The average molecular weight is 213 g/mol. The molecule has 1 heterocycles. The molecule has 0 atom stereocenters. The molecule has 0 fully saturated rings. The second kappa shape index (κ2) is 4.80. The lowest BCUT2D eigenvalue weighted by Gasteiger charge is -2.14. The van der Waals surface area contributed by atoms with E-state index in [1.165, 1.54) is 16.7 Å². The quantitative estimate of drug-likeness (QED) is 0.743. The van der Waals surface area contributed by atoms with Gasteiger partial charge in [0.2, 0.25) is 0 Å². The lowest BCUT2D eigenvalue weighted by Crippen LogP contribution is -2.26. The number of aliphatic carboxylic acids is 1. The Morgan fingerprint density at radius 2 is 2.36 bits per heavy atom. The van der Waals surface area contributed by atoms with E-state index < -0.39 is 5.97 Å². The van der Waals surface area contributed by atoms with Crippen molar-refractivity contribution in [3.63, 3.8) is 0 Å². The largest absolute Gasteiger partial charge is 0.480 e. The SMILES string of the molecule is CSc1cncc(N(C)CC(=O)O)n1. The maximum atomic E-state index is 10.4. The summed E-state index contributed by atoms with van der Waals surface area (Å²) in [5, 5.41) is 9.35. The monoisotopic (exact) mass is 213 g/mol. The van der Waals surface area contributed by atoms with Gasteiger partial charge in [-0.3, -0.25) is 9.78 Å². The Hall–Kier alpha value is -1.30. The van der Waals surface area contributed by atoms with E-state index >= 15 is 0 Å². The number of aromatic nitrogens is 2. The Morgan fingerprint density at radius 3 is 2.93 bits per heavy atom. The maximum Gasteiger partial charge on any atom is 0.323 e. The molecule has 1 N–H and O–H groups in total. The van der Waals surface area contributed by atoms with E-state index in [9.17, 15) is 4.79 Å². The molecule has 14 heavy (non-hydrogen) atoms. The molecular weight excluding hydrogens is 202 g/mol. The average Bonchev–Trinajstić information content (AvgIpc) is 2.17. The number of likely N-dealkylation sites (N-methyl/N-ethyl adjacent to an activating group) is 1. The van der Waals surface area contributed by atoms with E-state index in [1.54, 1.807) is 19.4 Å². The Kier molecular flexibility index (Phi) is 3.70. The first-order valence-corrected chi connectivity index (χ1v) is 5.15. The van der Waals surface area contributed by atoms with Crippen LogP contribution in [0.2, 0.25) is 0 Å². The fourth-order valence-electron chi connectivity index (χ4n) is 0.904. The molecule has 0 bridgehead atoms. The van der Waals surface area contributed by atoms with Crippen molar-refractivity contribution in [3.05, 3.63) is 12.4 Å².